The minimum atomic E-state index is 0.0803. The summed E-state index contributed by atoms with van der Waals surface area (Å²) in [5.74, 6) is 3.16. The molecule has 1 fully saturated rings. The Morgan fingerprint density at radius 1 is 0.634 bits per heavy atom. The van der Waals surface area contributed by atoms with Crippen LogP contribution < -0.4 is 0 Å². The largest absolute Gasteiger partial charge is 0.256 e. The first kappa shape index (κ1) is 25.8. The van der Waals surface area contributed by atoms with Gasteiger partial charge in [0.05, 0.1) is 5.52 Å². The number of fused-ring (bicyclic) bond motifs is 5. The van der Waals surface area contributed by atoms with E-state index < -0.39 is 0 Å². The summed E-state index contributed by atoms with van der Waals surface area (Å²) in [6.07, 6.45) is 5.44. The predicted molar refractivity (Wildman–Crippen MR) is 168 cm³/mol. The maximum Gasteiger partial charge on any atom is 0.164 e. The van der Waals surface area contributed by atoms with Crippen molar-refractivity contribution in [2.24, 2.45) is 5.92 Å². The molecular weight excluding hydrogens is 500 g/mol. The molecule has 1 saturated carbocycles. The van der Waals surface area contributed by atoms with Crippen LogP contribution >= 0.6 is 0 Å². The van der Waals surface area contributed by atoms with Crippen molar-refractivity contribution in [2.45, 2.75) is 64.7 Å². The zero-order valence-corrected chi connectivity index (χ0v) is 24.7. The van der Waals surface area contributed by atoms with Crippen molar-refractivity contribution in [1.29, 1.82) is 0 Å². The van der Waals surface area contributed by atoms with Crippen molar-refractivity contribution in [3.05, 3.63) is 113 Å². The summed E-state index contributed by atoms with van der Waals surface area (Å²) in [7, 11) is 0. The molecule has 2 heterocycles. The van der Waals surface area contributed by atoms with E-state index in [1.807, 2.05) is 12.3 Å². The molecule has 0 aliphatic heterocycles. The smallest absolute Gasteiger partial charge is 0.164 e. The highest BCUT2D eigenvalue weighted by Crippen LogP contribution is 2.57. The number of allylic oxidation sites excluding steroid dienone is 1. The standard InChI is InChI=1S/C37H36N4/c1-36(2,3)26-14-9-23(10-15-26)33-39-34(24-11-16-27(17-12-24)37(4,5)6)41-35(40-33)30-21-25-20-29(25)31-28(30)18-13-22-8-7-19-38-32(22)31/h7-19,21,25,29H,20H2,1-6H3. The molecular formula is C37H36N4. The number of aromatic nitrogens is 4. The zero-order chi connectivity index (χ0) is 28.5. The fourth-order valence-corrected chi connectivity index (χ4v) is 6.00. The Bertz CT molecular complexity index is 1740. The van der Waals surface area contributed by atoms with Gasteiger partial charge in [-0.3, -0.25) is 4.98 Å². The van der Waals surface area contributed by atoms with Crippen LogP contribution in [0.15, 0.2) is 85.1 Å². The van der Waals surface area contributed by atoms with E-state index in [4.69, 9.17) is 19.9 Å². The molecule has 2 aromatic heterocycles. The maximum absolute atomic E-state index is 5.12. The monoisotopic (exact) mass is 536 g/mol. The Morgan fingerprint density at radius 2 is 1.20 bits per heavy atom. The predicted octanol–water partition coefficient (Wildman–Crippen LogP) is 8.90. The molecule has 7 rings (SSSR count). The van der Waals surface area contributed by atoms with Crippen LogP contribution in [0.2, 0.25) is 0 Å². The van der Waals surface area contributed by atoms with E-state index in [-0.39, 0.29) is 10.8 Å². The lowest BCUT2D eigenvalue weighted by molar-refractivity contribution is 0.590. The summed E-state index contributed by atoms with van der Waals surface area (Å²) >= 11 is 0. The molecule has 0 saturated heterocycles. The second-order valence-corrected chi connectivity index (χ2v) is 13.6. The summed E-state index contributed by atoms with van der Waals surface area (Å²) in [6.45, 7) is 13.4. The lowest BCUT2D eigenvalue weighted by Gasteiger charge is -2.20. The molecule has 0 amide bonds. The van der Waals surface area contributed by atoms with Gasteiger partial charge in [-0.05, 0) is 57.4 Å². The Kier molecular flexibility index (Phi) is 5.76. The van der Waals surface area contributed by atoms with Gasteiger partial charge in [-0.1, -0.05) is 114 Å². The van der Waals surface area contributed by atoms with Crippen molar-refractivity contribution in [3.8, 4) is 22.8 Å². The fourth-order valence-electron chi connectivity index (χ4n) is 6.00. The Labute approximate surface area is 242 Å². The molecule has 0 spiro atoms. The Morgan fingerprint density at radius 3 is 1.76 bits per heavy atom. The molecule has 2 atom stereocenters. The number of rotatable bonds is 3. The van der Waals surface area contributed by atoms with Gasteiger partial charge in [-0.25, -0.2) is 15.0 Å². The van der Waals surface area contributed by atoms with E-state index in [1.165, 1.54) is 27.6 Å². The third kappa shape index (κ3) is 4.65. The summed E-state index contributed by atoms with van der Waals surface area (Å²) in [6, 6.07) is 25.9. The van der Waals surface area contributed by atoms with Gasteiger partial charge in [-0.15, -0.1) is 0 Å². The second kappa shape index (κ2) is 9.17. The maximum atomic E-state index is 5.12. The van der Waals surface area contributed by atoms with Crippen molar-refractivity contribution < 1.29 is 0 Å². The van der Waals surface area contributed by atoms with E-state index in [0.717, 1.165) is 34.5 Å². The minimum Gasteiger partial charge on any atom is -0.256 e. The van der Waals surface area contributed by atoms with Crippen LogP contribution in [-0.4, -0.2) is 19.9 Å². The van der Waals surface area contributed by atoms with E-state index >= 15 is 0 Å². The van der Waals surface area contributed by atoms with Crippen LogP contribution in [0.3, 0.4) is 0 Å². The lowest BCUT2D eigenvalue weighted by Crippen LogP contribution is -2.11. The average molecular weight is 537 g/mol. The van der Waals surface area contributed by atoms with E-state index in [0.29, 0.717) is 23.5 Å². The summed E-state index contributed by atoms with van der Waals surface area (Å²) in [5.41, 5.74) is 9.47. The molecule has 3 aromatic carbocycles. The normalized spacial score (nSPS) is 18.0. The molecule has 41 heavy (non-hydrogen) atoms. The van der Waals surface area contributed by atoms with E-state index in [9.17, 15) is 0 Å². The van der Waals surface area contributed by atoms with Gasteiger partial charge in [0.15, 0.2) is 17.5 Å². The van der Waals surface area contributed by atoms with Gasteiger partial charge in [0, 0.05) is 28.3 Å². The third-order valence-electron chi connectivity index (χ3n) is 8.59. The first-order valence-corrected chi connectivity index (χ1v) is 14.6. The Hall–Kier alpha value is -4.18. The van der Waals surface area contributed by atoms with Gasteiger partial charge >= 0.3 is 0 Å². The van der Waals surface area contributed by atoms with Gasteiger partial charge in [-0.2, -0.15) is 0 Å². The van der Waals surface area contributed by atoms with Gasteiger partial charge in [0.25, 0.3) is 0 Å². The topological polar surface area (TPSA) is 51.6 Å². The number of hydrogen-bond donors (Lipinski definition) is 0. The van der Waals surface area contributed by atoms with Crippen LogP contribution in [0.1, 0.15) is 82.0 Å². The van der Waals surface area contributed by atoms with Gasteiger partial charge < -0.3 is 0 Å². The molecule has 204 valence electrons. The summed E-state index contributed by atoms with van der Waals surface area (Å²) in [4.78, 5) is 20.1. The molecule has 2 unspecified atom stereocenters. The van der Waals surface area contributed by atoms with Crippen LogP contribution in [-0.2, 0) is 10.8 Å². The average Bonchev–Trinajstić information content (AvgIpc) is 3.75. The molecule has 2 aliphatic rings. The van der Waals surface area contributed by atoms with E-state index in [1.54, 1.807) is 0 Å². The number of pyridine rings is 1. The molecule has 5 aromatic rings. The van der Waals surface area contributed by atoms with Crippen molar-refractivity contribution >= 4 is 16.5 Å². The quantitative estimate of drug-likeness (QED) is 0.231. The zero-order valence-electron chi connectivity index (χ0n) is 24.7. The summed E-state index contributed by atoms with van der Waals surface area (Å²) < 4.78 is 0. The SMILES string of the molecule is CC(C)(C)c1ccc(-c2nc(C3=CC4CC4c4c3ccc3cccnc43)nc(-c3ccc(C(C)(C)C)cc3)n2)cc1. The third-order valence-corrected chi connectivity index (χ3v) is 8.59. The molecule has 2 aliphatic carbocycles. The highest BCUT2D eigenvalue weighted by atomic mass is 15.0. The van der Waals surface area contributed by atoms with Gasteiger partial charge in [0.1, 0.15) is 0 Å². The van der Waals surface area contributed by atoms with Gasteiger partial charge in [0.2, 0.25) is 0 Å². The molecule has 4 nitrogen and oxygen atoms in total. The van der Waals surface area contributed by atoms with Crippen LogP contribution in [0.25, 0.3) is 39.3 Å². The first-order valence-electron chi connectivity index (χ1n) is 14.6. The minimum absolute atomic E-state index is 0.0803. The lowest BCUT2D eigenvalue weighted by atomic mass is 9.86. The van der Waals surface area contributed by atoms with Crippen molar-refractivity contribution in [1.82, 2.24) is 19.9 Å². The number of nitrogens with zero attached hydrogens (tertiary/aromatic N) is 4. The van der Waals surface area contributed by atoms with Crippen LogP contribution in [0.5, 0.6) is 0 Å². The highest BCUT2D eigenvalue weighted by Gasteiger charge is 2.44. The van der Waals surface area contributed by atoms with E-state index in [2.05, 4.69) is 114 Å². The Balaban J connectivity index is 1.40. The molecule has 4 heteroatoms. The van der Waals surface area contributed by atoms with Crippen LogP contribution in [0, 0.1) is 5.92 Å². The summed E-state index contributed by atoms with van der Waals surface area (Å²) in [5, 5.41) is 1.19. The van der Waals surface area contributed by atoms with Crippen LogP contribution in [0.4, 0.5) is 0 Å². The highest BCUT2D eigenvalue weighted by molar-refractivity contribution is 5.93. The number of benzene rings is 3. The molecule has 0 N–H and O–H groups in total. The molecule has 0 radical (unpaired) electrons. The molecule has 0 bridgehead atoms. The fraction of sp³-hybridized carbons (Fsp3) is 0.297. The number of hydrogen-bond acceptors (Lipinski definition) is 4. The first-order chi connectivity index (χ1) is 19.6. The van der Waals surface area contributed by atoms with Crippen molar-refractivity contribution in [3.63, 3.8) is 0 Å². The van der Waals surface area contributed by atoms with Crippen molar-refractivity contribution in [2.75, 3.05) is 0 Å². The second-order valence-electron chi connectivity index (χ2n) is 13.6.